The van der Waals surface area contributed by atoms with E-state index in [-0.39, 0.29) is 12.3 Å². The lowest BCUT2D eigenvalue weighted by Crippen LogP contribution is -2.12. The summed E-state index contributed by atoms with van der Waals surface area (Å²) in [5.74, 6) is 1.61. The van der Waals surface area contributed by atoms with Crippen LogP contribution in [0.4, 0.5) is 5.13 Å². The second-order valence-corrected chi connectivity index (χ2v) is 8.05. The van der Waals surface area contributed by atoms with Gasteiger partial charge in [0.15, 0.2) is 16.8 Å². The number of hydrogen-bond acceptors (Lipinski definition) is 6. The van der Waals surface area contributed by atoms with E-state index in [0.717, 1.165) is 17.0 Å². The zero-order valence-corrected chi connectivity index (χ0v) is 17.6. The van der Waals surface area contributed by atoms with E-state index in [9.17, 15) is 4.79 Å². The van der Waals surface area contributed by atoms with E-state index in [1.807, 2.05) is 35.7 Å². The number of thiazole rings is 1. The first kappa shape index (κ1) is 20.0. The Hall–Kier alpha value is -3.32. The SMILES string of the molecule is CC(C)c1ccc(-c2cnc(CCC(=O)Nc3nc(-c4ccccn4)cs3)o2)cc1. The summed E-state index contributed by atoms with van der Waals surface area (Å²) in [4.78, 5) is 25.3. The van der Waals surface area contributed by atoms with Gasteiger partial charge in [0.25, 0.3) is 0 Å². The first-order chi connectivity index (χ1) is 14.6. The van der Waals surface area contributed by atoms with Crippen molar-refractivity contribution in [2.75, 3.05) is 5.32 Å². The van der Waals surface area contributed by atoms with Crippen LogP contribution in [0.25, 0.3) is 22.7 Å². The fourth-order valence-electron chi connectivity index (χ4n) is 2.96. The number of carbonyl (C=O) groups is 1. The van der Waals surface area contributed by atoms with E-state index in [2.05, 4.69) is 46.2 Å². The Kier molecular flexibility index (Phi) is 5.99. The minimum absolute atomic E-state index is 0.127. The van der Waals surface area contributed by atoms with Gasteiger partial charge in [0.2, 0.25) is 5.91 Å². The molecule has 0 saturated heterocycles. The van der Waals surface area contributed by atoms with Gasteiger partial charge in [-0.3, -0.25) is 9.78 Å². The maximum Gasteiger partial charge on any atom is 0.226 e. The van der Waals surface area contributed by atoms with Crippen LogP contribution in [0.5, 0.6) is 0 Å². The van der Waals surface area contributed by atoms with Crippen molar-refractivity contribution >= 4 is 22.4 Å². The highest BCUT2D eigenvalue weighted by Crippen LogP contribution is 2.25. The molecule has 152 valence electrons. The van der Waals surface area contributed by atoms with Crippen LogP contribution in [0, 0.1) is 0 Å². The Morgan fingerprint density at radius 1 is 1.10 bits per heavy atom. The molecule has 0 saturated carbocycles. The topological polar surface area (TPSA) is 80.9 Å². The summed E-state index contributed by atoms with van der Waals surface area (Å²) < 4.78 is 5.82. The molecule has 0 spiro atoms. The Labute approximate surface area is 179 Å². The van der Waals surface area contributed by atoms with Gasteiger partial charge in [-0.15, -0.1) is 11.3 Å². The third kappa shape index (κ3) is 4.80. The molecule has 4 aromatic rings. The fraction of sp³-hybridized carbons (Fsp3) is 0.217. The molecule has 4 rings (SSSR count). The number of amides is 1. The predicted molar refractivity (Wildman–Crippen MR) is 118 cm³/mol. The molecule has 0 unspecified atom stereocenters. The standard InChI is InChI=1S/C23H22N4O2S/c1-15(2)16-6-8-17(9-7-16)20-13-25-22(29-20)11-10-21(28)27-23-26-19(14-30-23)18-5-3-4-12-24-18/h3-9,12-15H,10-11H2,1-2H3,(H,26,27,28). The fourth-order valence-corrected chi connectivity index (χ4v) is 3.68. The van der Waals surface area contributed by atoms with Crippen LogP contribution in [0.2, 0.25) is 0 Å². The van der Waals surface area contributed by atoms with Gasteiger partial charge in [0.05, 0.1) is 11.9 Å². The number of carbonyl (C=O) groups excluding carboxylic acids is 1. The Morgan fingerprint density at radius 2 is 1.93 bits per heavy atom. The Morgan fingerprint density at radius 3 is 2.67 bits per heavy atom. The molecule has 0 atom stereocenters. The van der Waals surface area contributed by atoms with Crippen LogP contribution in [-0.2, 0) is 11.2 Å². The summed E-state index contributed by atoms with van der Waals surface area (Å²) >= 11 is 1.38. The number of rotatable bonds is 7. The van der Waals surface area contributed by atoms with Crippen molar-refractivity contribution in [3.63, 3.8) is 0 Å². The van der Waals surface area contributed by atoms with Gasteiger partial charge in [-0.2, -0.15) is 0 Å². The second-order valence-electron chi connectivity index (χ2n) is 7.20. The van der Waals surface area contributed by atoms with Gasteiger partial charge in [-0.25, -0.2) is 9.97 Å². The number of nitrogens with one attached hydrogen (secondary N) is 1. The monoisotopic (exact) mass is 418 g/mol. The highest BCUT2D eigenvalue weighted by atomic mass is 32.1. The summed E-state index contributed by atoms with van der Waals surface area (Å²) in [6.45, 7) is 4.33. The Bertz CT molecular complexity index is 1120. The van der Waals surface area contributed by atoms with Gasteiger partial charge in [0, 0.05) is 30.0 Å². The molecule has 0 aliphatic carbocycles. The van der Waals surface area contributed by atoms with Crippen LogP contribution in [0.3, 0.4) is 0 Å². The number of benzene rings is 1. The molecule has 0 fully saturated rings. The van der Waals surface area contributed by atoms with E-state index < -0.39 is 0 Å². The average molecular weight is 419 g/mol. The van der Waals surface area contributed by atoms with E-state index in [4.69, 9.17) is 4.42 Å². The van der Waals surface area contributed by atoms with Gasteiger partial charge >= 0.3 is 0 Å². The molecule has 0 aliphatic heterocycles. The van der Waals surface area contributed by atoms with Gasteiger partial charge in [0.1, 0.15) is 5.69 Å². The van der Waals surface area contributed by atoms with Crippen molar-refractivity contribution in [1.29, 1.82) is 0 Å². The zero-order valence-electron chi connectivity index (χ0n) is 16.8. The highest BCUT2D eigenvalue weighted by molar-refractivity contribution is 7.14. The van der Waals surface area contributed by atoms with Gasteiger partial charge in [-0.05, 0) is 23.6 Å². The first-order valence-corrected chi connectivity index (χ1v) is 10.7. The summed E-state index contributed by atoms with van der Waals surface area (Å²) in [5.41, 5.74) is 3.79. The molecular formula is C23H22N4O2S. The maximum absolute atomic E-state index is 12.3. The zero-order chi connectivity index (χ0) is 20.9. The second kappa shape index (κ2) is 9.00. The van der Waals surface area contributed by atoms with E-state index in [1.165, 1.54) is 16.9 Å². The summed E-state index contributed by atoms with van der Waals surface area (Å²) in [6, 6.07) is 13.9. The molecule has 1 N–H and O–H groups in total. The molecule has 0 bridgehead atoms. The van der Waals surface area contributed by atoms with Crippen molar-refractivity contribution in [3.8, 4) is 22.7 Å². The number of aryl methyl sites for hydroxylation is 1. The minimum atomic E-state index is -0.127. The molecule has 7 heteroatoms. The van der Waals surface area contributed by atoms with Crippen LogP contribution >= 0.6 is 11.3 Å². The molecule has 30 heavy (non-hydrogen) atoms. The first-order valence-electron chi connectivity index (χ1n) is 9.80. The number of pyridine rings is 1. The lowest BCUT2D eigenvalue weighted by Gasteiger charge is -2.05. The van der Waals surface area contributed by atoms with Crippen LogP contribution in [0.15, 0.2) is 64.7 Å². The van der Waals surface area contributed by atoms with Crippen molar-refractivity contribution in [2.24, 2.45) is 0 Å². The minimum Gasteiger partial charge on any atom is -0.441 e. The number of hydrogen-bond donors (Lipinski definition) is 1. The maximum atomic E-state index is 12.3. The van der Waals surface area contributed by atoms with Crippen LogP contribution < -0.4 is 5.32 Å². The molecule has 1 amide bonds. The summed E-state index contributed by atoms with van der Waals surface area (Å²) in [7, 11) is 0. The number of nitrogens with zero attached hydrogens (tertiary/aromatic N) is 3. The molecule has 0 radical (unpaired) electrons. The number of aromatic nitrogens is 3. The van der Waals surface area contributed by atoms with E-state index in [1.54, 1.807) is 12.4 Å². The lowest BCUT2D eigenvalue weighted by molar-refractivity contribution is -0.116. The van der Waals surface area contributed by atoms with Crippen molar-refractivity contribution in [3.05, 3.63) is 71.7 Å². The van der Waals surface area contributed by atoms with Crippen molar-refractivity contribution < 1.29 is 9.21 Å². The smallest absolute Gasteiger partial charge is 0.226 e. The molecule has 1 aromatic carbocycles. The molecule has 0 aliphatic rings. The number of oxazole rings is 1. The molecule has 3 aromatic heterocycles. The third-order valence-corrected chi connectivity index (χ3v) is 5.42. The summed E-state index contributed by atoms with van der Waals surface area (Å²) in [6.07, 6.45) is 4.12. The molecular weight excluding hydrogens is 396 g/mol. The van der Waals surface area contributed by atoms with Crippen LogP contribution in [-0.4, -0.2) is 20.9 Å². The molecule has 3 heterocycles. The van der Waals surface area contributed by atoms with Crippen molar-refractivity contribution in [2.45, 2.75) is 32.6 Å². The van der Waals surface area contributed by atoms with Crippen LogP contribution in [0.1, 0.15) is 37.6 Å². The Balaban J connectivity index is 1.32. The highest BCUT2D eigenvalue weighted by Gasteiger charge is 2.12. The van der Waals surface area contributed by atoms with Gasteiger partial charge in [-0.1, -0.05) is 44.2 Å². The third-order valence-electron chi connectivity index (χ3n) is 4.66. The lowest BCUT2D eigenvalue weighted by atomic mass is 10.0. The van der Waals surface area contributed by atoms with E-state index in [0.29, 0.717) is 29.1 Å². The summed E-state index contributed by atoms with van der Waals surface area (Å²) in [5, 5.41) is 5.26. The average Bonchev–Trinajstić information content (AvgIpc) is 3.43. The number of anilines is 1. The largest absolute Gasteiger partial charge is 0.441 e. The normalized spacial score (nSPS) is 11.0. The van der Waals surface area contributed by atoms with Gasteiger partial charge < -0.3 is 9.73 Å². The quantitative estimate of drug-likeness (QED) is 0.425. The molecule has 6 nitrogen and oxygen atoms in total. The van der Waals surface area contributed by atoms with E-state index >= 15 is 0 Å². The predicted octanol–water partition coefficient (Wildman–Crippen LogP) is 5.55. The van der Waals surface area contributed by atoms with Crippen molar-refractivity contribution in [1.82, 2.24) is 15.0 Å².